The Morgan fingerprint density at radius 1 is 0.225 bits per heavy atom. The van der Waals surface area contributed by atoms with E-state index in [0.29, 0.717) is 5.82 Å². The van der Waals surface area contributed by atoms with Gasteiger partial charge < -0.3 is 18.7 Å². The average molecular weight is 1300 g/mol. The molecule has 0 saturated carbocycles. The van der Waals surface area contributed by atoms with Crippen molar-refractivity contribution >= 4 is 131 Å². The topological polar surface area (TPSA) is 79.1 Å². The molecule has 22 aromatic rings. The molecule has 0 bridgehead atoms. The Bertz CT molecular complexity index is 7030. The van der Waals surface area contributed by atoms with Gasteiger partial charge in [0.25, 0.3) is 0 Å². The molecule has 0 aliphatic rings. The largest absolute Gasteiger partial charge is 0.354 e. The Labute approximate surface area is 583 Å². The highest BCUT2D eigenvalue weighted by molar-refractivity contribution is 6.26. The Morgan fingerprint density at radius 2 is 0.598 bits per heavy atom. The standard InChI is InChI=1S/C93H57N9/c1-4-26-57(27-5-1)74-56-75(96-91(95-74)58-28-6-2-7-29-58)87-89(99-76-41-19-11-33-63(76)64-34-12-20-42-77(64)99)92(101-80-45-23-15-37-67(80)68-38-16-24-46-81(68)101)97-93(90(87)100-78-43-21-13-35-65(78)66-36-14-22-44-79(66)100)102-82-47-25-17-39-69(82)71-54-59(48-51-83(71)102)60-49-52-84-72(55-60)86-85(98(84)61-30-8-3-9-31-61)53-50-70-62-32-10-18-40-73(62)94-88(70)86/h1-56,94H. The fourth-order valence-corrected chi connectivity index (χ4v) is 16.9. The first kappa shape index (κ1) is 56.2. The zero-order chi connectivity index (χ0) is 66.7. The Kier molecular flexibility index (Phi) is 12.0. The van der Waals surface area contributed by atoms with Crippen molar-refractivity contribution in [3.8, 4) is 73.7 Å². The minimum Gasteiger partial charge on any atom is -0.354 e. The van der Waals surface area contributed by atoms with Crippen LogP contribution >= 0.6 is 0 Å². The molecule has 0 spiro atoms. The molecule has 0 unspecified atom stereocenters. The predicted molar refractivity (Wildman–Crippen MR) is 423 cm³/mol. The molecule has 102 heavy (non-hydrogen) atoms. The van der Waals surface area contributed by atoms with E-state index in [-0.39, 0.29) is 0 Å². The summed E-state index contributed by atoms with van der Waals surface area (Å²) in [5, 5.41) is 13.7. The number of pyridine rings is 1. The summed E-state index contributed by atoms with van der Waals surface area (Å²) in [5.74, 6) is 2.04. The number of nitrogens with zero attached hydrogens (tertiary/aromatic N) is 8. The van der Waals surface area contributed by atoms with Gasteiger partial charge in [-0.05, 0) is 108 Å². The Balaban J connectivity index is 0.925. The highest BCUT2D eigenvalue weighted by Crippen LogP contribution is 2.50. The van der Waals surface area contributed by atoms with Gasteiger partial charge in [-0.25, -0.2) is 15.0 Å². The third-order valence-corrected chi connectivity index (χ3v) is 21.2. The van der Waals surface area contributed by atoms with Gasteiger partial charge in [0.05, 0.1) is 77.6 Å². The summed E-state index contributed by atoms with van der Waals surface area (Å²) in [6, 6.07) is 123. The lowest BCUT2D eigenvalue weighted by atomic mass is 10.00. The molecule has 0 aliphatic carbocycles. The second-order valence-corrected chi connectivity index (χ2v) is 26.7. The van der Waals surface area contributed by atoms with Crippen molar-refractivity contribution in [2.45, 2.75) is 0 Å². The molecule has 9 nitrogen and oxygen atoms in total. The number of para-hydroxylation sites is 9. The van der Waals surface area contributed by atoms with Crippen LogP contribution in [0.4, 0.5) is 0 Å². The fourth-order valence-electron chi connectivity index (χ4n) is 16.9. The van der Waals surface area contributed by atoms with E-state index >= 15 is 0 Å². The van der Waals surface area contributed by atoms with E-state index in [1.165, 1.54) is 21.5 Å². The second kappa shape index (κ2) is 21.8. The first-order chi connectivity index (χ1) is 50.6. The second-order valence-electron chi connectivity index (χ2n) is 26.7. The van der Waals surface area contributed by atoms with Crippen LogP contribution in [0.1, 0.15) is 0 Å². The van der Waals surface area contributed by atoms with Crippen LogP contribution in [0, 0.1) is 0 Å². The average Bonchev–Trinajstić information content (AvgIpc) is 1.48. The molecule has 8 aromatic heterocycles. The monoisotopic (exact) mass is 1300 g/mol. The molecule has 9 heteroatoms. The van der Waals surface area contributed by atoms with Crippen molar-refractivity contribution < 1.29 is 0 Å². The number of nitrogens with one attached hydrogen (secondary N) is 1. The molecule has 14 aromatic carbocycles. The summed E-state index contributed by atoms with van der Waals surface area (Å²) in [4.78, 5) is 22.0. The lowest BCUT2D eigenvalue weighted by Gasteiger charge is -2.26. The van der Waals surface area contributed by atoms with Crippen LogP contribution in [-0.2, 0) is 0 Å². The molecule has 0 atom stereocenters. The molecule has 474 valence electrons. The number of aromatic nitrogens is 9. The lowest BCUT2D eigenvalue weighted by molar-refractivity contribution is 0.958. The minimum atomic E-state index is 0.600. The third-order valence-electron chi connectivity index (χ3n) is 21.2. The minimum absolute atomic E-state index is 0.600. The van der Waals surface area contributed by atoms with Crippen molar-refractivity contribution in [3.05, 3.63) is 340 Å². The molecular formula is C93H57N9. The van der Waals surface area contributed by atoms with E-state index in [2.05, 4.69) is 368 Å². The molecule has 0 aliphatic heterocycles. The number of rotatable bonds is 9. The van der Waals surface area contributed by atoms with Crippen molar-refractivity contribution in [2.24, 2.45) is 0 Å². The number of hydrogen-bond acceptors (Lipinski definition) is 3. The molecule has 22 rings (SSSR count). The number of aromatic amines is 1. The molecule has 0 fully saturated rings. The first-order valence-electron chi connectivity index (χ1n) is 34.8. The van der Waals surface area contributed by atoms with Crippen LogP contribution < -0.4 is 0 Å². The van der Waals surface area contributed by atoms with E-state index in [4.69, 9.17) is 15.0 Å². The lowest BCUT2D eigenvalue weighted by Crippen LogP contribution is -2.16. The zero-order valence-corrected chi connectivity index (χ0v) is 54.9. The predicted octanol–water partition coefficient (Wildman–Crippen LogP) is 23.7. The van der Waals surface area contributed by atoms with Gasteiger partial charge in [0.2, 0.25) is 0 Å². The van der Waals surface area contributed by atoms with Gasteiger partial charge in [0.1, 0.15) is 11.4 Å². The number of fused-ring (bicyclic) bond motifs is 19. The van der Waals surface area contributed by atoms with Gasteiger partial charge in [0, 0.05) is 87.0 Å². The van der Waals surface area contributed by atoms with Gasteiger partial charge in [-0.1, -0.05) is 243 Å². The quantitative estimate of drug-likeness (QED) is 0.156. The van der Waals surface area contributed by atoms with E-state index < -0.39 is 0 Å². The van der Waals surface area contributed by atoms with Gasteiger partial charge in [-0.3, -0.25) is 9.13 Å². The summed E-state index contributed by atoms with van der Waals surface area (Å²) in [6.45, 7) is 0. The highest BCUT2D eigenvalue weighted by atomic mass is 15.2. The molecule has 0 radical (unpaired) electrons. The van der Waals surface area contributed by atoms with E-state index in [9.17, 15) is 0 Å². The maximum absolute atomic E-state index is 6.59. The summed E-state index contributed by atoms with van der Waals surface area (Å²) in [7, 11) is 0. The van der Waals surface area contributed by atoms with Crippen LogP contribution in [0.25, 0.3) is 205 Å². The van der Waals surface area contributed by atoms with E-state index in [1.807, 2.05) is 0 Å². The highest BCUT2D eigenvalue weighted by Gasteiger charge is 2.34. The van der Waals surface area contributed by atoms with Gasteiger partial charge in [0.15, 0.2) is 17.5 Å². The number of benzene rings is 14. The maximum Gasteiger partial charge on any atom is 0.165 e. The van der Waals surface area contributed by atoms with Gasteiger partial charge in [-0.2, -0.15) is 0 Å². The summed E-state index contributed by atoms with van der Waals surface area (Å²) in [5.41, 5.74) is 22.0. The van der Waals surface area contributed by atoms with Crippen molar-refractivity contribution in [1.29, 1.82) is 0 Å². The van der Waals surface area contributed by atoms with Crippen LogP contribution in [0.2, 0.25) is 0 Å². The molecule has 0 amide bonds. The van der Waals surface area contributed by atoms with Crippen LogP contribution in [0.15, 0.2) is 340 Å². The van der Waals surface area contributed by atoms with Crippen molar-refractivity contribution in [3.63, 3.8) is 0 Å². The van der Waals surface area contributed by atoms with E-state index in [1.54, 1.807) is 0 Å². The van der Waals surface area contributed by atoms with Crippen molar-refractivity contribution in [1.82, 2.24) is 42.8 Å². The van der Waals surface area contributed by atoms with Crippen LogP contribution in [0.3, 0.4) is 0 Å². The molecular weight excluding hydrogens is 1240 g/mol. The number of hydrogen-bond donors (Lipinski definition) is 1. The summed E-state index contributed by atoms with van der Waals surface area (Å²) >= 11 is 0. The van der Waals surface area contributed by atoms with E-state index in [0.717, 1.165) is 177 Å². The fraction of sp³-hybridized carbons (Fsp3) is 0. The summed E-state index contributed by atoms with van der Waals surface area (Å²) < 4.78 is 12.3. The van der Waals surface area contributed by atoms with Gasteiger partial charge >= 0.3 is 0 Å². The first-order valence-corrected chi connectivity index (χ1v) is 34.8. The molecule has 1 N–H and O–H groups in total. The summed E-state index contributed by atoms with van der Waals surface area (Å²) in [6.07, 6.45) is 0. The maximum atomic E-state index is 6.59. The zero-order valence-electron chi connectivity index (χ0n) is 54.9. The van der Waals surface area contributed by atoms with Crippen LogP contribution in [0.5, 0.6) is 0 Å². The molecule has 0 saturated heterocycles. The van der Waals surface area contributed by atoms with Crippen LogP contribution in [-0.4, -0.2) is 42.8 Å². The molecule has 8 heterocycles. The third kappa shape index (κ3) is 8.12. The Hall–Kier alpha value is -13.9. The SMILES string of the molecule is c1ccc(-c2cc(-c3c(-n4c5ccccc5c5ccccc54)c(-n4c5ccccc5c5ccccc54)nc(-n4c5ccccc5c5cc(-c6ccc7c(c6)c6c8[nH]c9ccccc9c8ccc6n7-c6ccccc6)ccc54)c3-n3c4ccccc4c4ccccc43)nc(-c3ccccc3)n2)cc1. The Morgan fingerprint density at radius 3 is 1.10 bits per heavy atom. The normalized spacial score (nSPS) is 12.1. The van der Waals surface area contributed by atoms with Gasteiger partial charge in [-0.15, -0.1) is 0 Å². The smallest absolute Gasteiger partial charge is 0.165 e. The number of H-pyrrole nitrogens is 1. The van der Waals surface area contributed by atoms with Crippen molar-refractivity contribution in [2.75, 3.05) is 0 Å².